The molecule has 1 atom stereocenters. The number of aryl methyl sites for hydroxylation is 1. The van der Waals surface area contributed by atoms with Crippen LogP contribution in [0.3, 0.4) is 0 Å². The minimum absolute atomic E-state index is 0.269. The van der Waals surface area contributed by atoms with Gasteiger partial charge >= 0.3 is 0 Å². The second kappa shape index (κ2) is 8.08. The van der Waals surface area contributed by atoms with Crippen molar-refractivity contribution in [3.05, 3.63) is 35.4 Å². The maximum Gasteiger partial charge on any atom is 0.252 e. The first-order valence-electron chi connectivity index (χ1n) is 6.52. The molecular formula is C14H19Cl3N2O. The molecule has 0 spiro atoms. The summed E-state index contributed by atoms with van der Waals surface area (Å²) >= 11 is 17.7. The number of carbonyl (C=O) groups is 1. The number of hydrogen-bond acceptors (Lipinski definition) is 2. The summed E-state index contributed by atoms with van der Waals surface area (Å²) in [7, 11) is 0. The Bertz CT molecular complexity index is 446. The average Bonchev–Trinajstić information content (AvgIpc) is 2.36. The number of halogens is 3. The third kappa shape index (κ3) is 5.88. The molecule has 1 amide bonds. The first-order chi connectivity index (χ1) is 9.34. The zero-order valence-electron chi connectivity index (χ0n) is 11.6. The van der Waals surface area contributed by atoms with E-state index in [1.165, 1.54) is 0 Å². The van der Waals surface area contributed by atoms with Gasteiger partial charge in [0.15, 0.2) is 0 Å². The SMILES string of the molecule is CCCCNC(NC(=O)c1cccc(C)c1)C(Cl)(Cl)Cl. The fraction of sp³-hybridized carbons (Fsp3) is 0.500. The number of nitrogens with one attached hydrogen (secondary N) is 2. The average molecular weight is 338 g/mol. The Labute approximate surface area is 135 Å². The van der Waals surface area contributed by atoms with E-state index in [-0.39, 0.29) is 5.91 Å². The third-order valence-electron chi connectivity index (χ3n) is 2.76. The van der Waals surface area contributed by atoms with E-state index in [1.54, 1.807) is 12.1 Å². The summed E-state index contributed by atoms with van der Waals surface area (Å²) < 4.78 is -1.60. The zero-order chi connectivity index (χ0) is 15.2. The van der Waals surface area contributed by atoms with Crippen LogP contribution in [-0.2, 0) is 0 Å². The molecule has 1 aromatic rings. The van der Waals surface area contributed by atoms with Crippen LogP contribution in [0.1, 0.15) is 35.7 Å². The molecule has 2 N–H and O–H groups in total. The fourth-order valence-electron chi connectivity index (χ4n) is 1.67. The van der Waals surface area contributed by atoms with E-state index in [1.807, 2.05) is 19.1 Å². The Hall–Kier alpha value is -0.480. The molecule has 1 rings (SSSR count). The van der Waals surface area contributed by atoms with Crippen molar-refractivity contribution in [2.24, 2.45) is 0 Å². The van der Waals surface area contributed by atoms with Crippen LogP contribution in [0.15, 0.2) is 24.3 Å². The lowest BCUT2D eigenvalue weighted by Crippen LogP contribution is -2.53. The van der Waals surface area contributed by atoms with Crippen LogP contribution in [0, 0.1) is 6.92 Å². The molecule has 20 heavy (non-hydrogen) atoms. The number of hydrogen-bond donors (Lipinski definition) is 2. The van der Waals surface area contributed by atoms with E-state index < -0.39 is 9.96 Å². The van der Waals surface area contributed by atoms with Crippen molar-refractivity contribution >= 4 is 40.7 Å². The molecule has 0 saturated heterocycles. The lowest BCUT2D eigenvalue weighted by atomic mass is 10.1. The molecular weight excluding hydrogens is 319 g/mol. The lowest BCUT2D eigenvalue weighted by molar-refractivity contribution is 0.0929. The van der Waals surface area contributed by atoms with E-state index in [2.05, 4.69) is 17.6 Å². The predicted molar refractivity (Wildman–Crippen MR) is 85.6 cm³/mol. The molecule has 112 valence electrons. The zero-order valence-corrected chi connectivity index (χ0v) is 13.8. The standard InChI is InChI=1S/C14H19Cl3N2O/c1-3-4-8-18-13(14(15,16)17)19-12(20)11-7-5-6-10(2)9-11/h5-7,9,13,18H,3-4,8H2,1-2H3,(H,19,20). The highest BCUT2D eigenvalue weighted by Crippen LogP contribution is 2.29. The molecule has 1 aromatic carbocycles. The summed E-state index contributed by atoms with van der Waals surface area (Å²) in [5.74, 6) is -0.269. The molecule has 0 bridgehead atoms. The number of unbranched alkanes of at least 4 members (excludes halogenated alkanes) is 1. The van der Waals surface area contributed by atoms with Crippen molar-refractivity contribution in [3.63, 3.8) is 0 Å². The molecule has 0 heterocycles. The number of amides is 1. The van der Waals surface area contributed by atoms with E-state index in [9.17, 15) is 4.79 Å². The molecule has 1 unspecified atom stereocenters. The molecule has 0 radical (unpaired) electrons. The Kier molecular flexibility index (Phi) is 7.10. The Morgan fingerprint density at radius 2 is 2.05 bits per heavy atom. The first-order valence-corrected chi connectivity index (χ1v) is 7.65. The van der Waals surface area contributed by atoms with Gasteiger partial charge in [0, 0.05) is 5.56 Å². The molecule has 3 nitrogen and oxygen atoms in total. The summed E-state index contributed by atoms with van der Waals surface area (Å²) in [5, 5.41) is 5.76. The maximum atomic E-state index is 12.2. The van der Waals surface area contributed by atoms with Crippen LogP contribution in [0.4, 0.5) is 0 Å². The molecule has 6 heteroatoms. The monoisotopic (exact) mass is 336 g/mol. The van der Waals surface area contributed by atoms with Gasteiger partial charge in [0.25, 0.3) is 5.91 Å². The largest absolute Gasteiger partial charge is 0.333 e. The third-order valence-corrected chi connectivity index (χ3v) is 3.42. The van der Waals surface area contributed by atoms with E-state index in [0.29, 0.717) is 12.1 Å². The second-order valence-corrected chi connectivity index (χ2v) is 6.99. The molecule has 0 aliphatic carbocycles. The summed E-state index contributed by atoms with van der Waals surface area (Å²) in [6.45, 7) is 4.66. The van der Waals surface area contributed by atoms with Crippen molar-refractivity contribution < 1.29 is 4.79 Å². The number of alkyl halides is 3. The highest BCUT2D eigenvalue weighted by Gasteiger charge is 2.33. The van der Waals surface area contributed by atoms with Gasteiger partial charge < -0.3 is 5.32 Å². The normalized spacial score (nSPS) is 13.1. The fourth-order valence-corrected chi connectivity index (χ4v) is 2.07. The van der Waals surface area contributed by atoms with E-state index >= 15 is 0 Å². The van der Waals surface area contributed by atoms with E-state index in [4.69, 9.17) is 34.8 Å². The first kappa shape index (κ1) is 17.6. The van der Waals surface area contributed by atoms with Gasteiger partial charge in [-0.1, -0.05) is 65.8 Å². The van der Waals surface area contributed by atoms with Gasteiger partial charge in [-0.3, -0.25) is 10.1 Å². The molecule has 0 fully saturated rings. The van der Waals surface area contributed by atoms with Crippen molar-refractivity contribution in [1.82, 2.24) is 10.6 Å². The second-order valence-electron chi connectivity index (χ2n) is 4.63. The van der Waals surface area contributed by atoms with Gasteiger partial charge in [0.1, 0.15) is 6.17 Å². The minimum Gasteiger partial charge on any atom is -0.333 e. The van der Waals surface area contributed by atoms with Gasteiger partial charge in [-0.05, 0) is 32.0 Å². The van der Waals surface area contributed by atoms with Crippen LogP contribution < -0.4 is 10.6 Å². The van der Waals surface area contributed by atoms with Crippen molar-refractivity contribution in [1.29, 1.82) is 0 Å². The highest BCUT2D eigenvalue weighted by atomic mass is 35.6. The van der Waals surface area contributed by atoms with Crippen molar-refractivity contribution in [2.75, 3.05) is 6.54 Å². The van der Waals surface area contributed by atoms with Crippen LogP contribution in [0.2, 0.25) is 0 Å². The summed E-state index contributed by atoms with van der Waals surface area (Å²) in [4.78, 5) is 12.2. The Morgan fingerprint density at radius 1 is 1.35 bits per heavy atom. The molecule has 0 saturated carbocycles. The number of rotatable bonds is 6. The van der Waals surface area contributed by atoms with Gasteiger partial charge in [-0.25, -0.2) is 0 Å². The van der Waals surface area contributed by atoms with Gasteiger partial charge in [-0.15, -0.1) is 0 Å². The van der Waals surface area contributed by atoms with Gasteiger partial charge in [0.05, 0.1) is 0 Å². The van der Waals surface area contributed by atoms with Crippen molar-refractivity contribution in [3.8, 4) is 0 Å². The van der Waals surface area contributed by atoms with Gasteiger partial charge in [-0.2, -0.15) is 0 Å². The summed E-state index contributed by atoms with van der Waals surface area (Å²) in [6.07, 6.45) is 1.23. The summed E-state index contributed by atoms with van der Waals surface area (Å²) in [6, 6.07) is 7.25. The quantitative estimate of drug-likeness (QED) is 0.471. The Morgan fingerprint density at radius 3 is 2.60 bits per heavy atom. The van der Waals surface area contributed by atoms with Gasteiger partial charge in [0.2, 0.25) is 3.79 Å². The predicted octanol–water partition coefficient (Wildman–Crippen LogP) is 3.81. The van der Waals surface area contributed by atoms with Crippen LogP contribution in [0.5, 0.6) is 0 Å². The summed E-state index contributed by atoms with van der Waals surface area (Å²) in [5.41, 5.74) is 1.54. The number of carbonyl (C=O) groups excluding carboxylic acids is 1. The topological polar surface area (TPSA) is 41.1 Å². The molecule has 0 aromatic heterocycles. The minimum atomic E-state index is -1.60. The molecule has 0 aliphatic heterocycles. The highest BCUT2D eigenvalue weighted by molar-refractivity contribution is 6.68. The smallest absolute Gasteiger partial charge is 0.252 e. The van der Waals surface area contributed by atoms with Crippen LogP contribution in [0.25, 0.3) is 0 Å². The van der Waals surface area contributed by atoms with Crippen molar-refractivity contribution in [2.45, 2.75) is 36.6 Å². The maximum absolute atomic E-state index is 12.2. The van der Waals surface area contributed by atoms with Crippen LogP contribution in [-0.4, -0.2) is 22.4 Å². The van der Waals surface area contributed by atoms with Crippen LogP contribution >= 0.6 is 34.8 Å². The van der Waals surface area contributed by atoms with E-state index in [0.717, 1.165) is 18.4 Å². The Balaban J connectivity index is 2.71. The lowest BCUT2D eigenvalue weighted by Gasteiger charge is -2.26. The molecule has 0 aliphatic rings. The number of benzene rings is 1.